The highest BCUT2D eigenvalue weighted by Gasteiger charge is 2.24. The van der Waals surface area contributed by atoms with Crippen molar-refractivity contribution in [3.05, 3.63) is 23.8 Å². The summed E-state index contributed by atoms with van der Waals surface area (Å²) in [7, 11) is 0. The van der Waals surface area contributed by atoms with Gasteiger partial charge in [0.1, 0.15) is 5.75 Å². The minimum Gasteiger partial charge on any atom is -0.507 e. The van der Waals surface area contributed by atoms with Gasteiger partial charge in [0.15, 0.2) is 6.29 Å². The number of amides is 1. The molecule has 0 saturated carbocycles. The third kappa shape index (κ3) is 4.61. The van der Waals surface area contributed by atoms with E-state index in [1.165, 1.54) is 6.07 Å². The van der Waals surface area contributed by atoms with E-state index in [4.69, 9.17) is 4.74 Å². The van der Waals surface area contributed by atoms with Crippen LogP contribution >= 0.6 is 0 Å². The minimum absolute atomic E-state index is 0.0202. The number of aldehydes is 1. The van der Waals surface area contributed by atoms with E-state index in [1.54, 1.807) is 17.0 Å². The molecule has 1 aromatic carbocycles. The Morgan fingerprint density at radius 2 is 1.91 bits per heavy atom. The standard InChI is InChI=1S/C17H24N2O4/c1-17(2,3)12-23-16(22)19-8-6-18(7-9-19)14-4-5-15(21)13(10-14)11-20/h4-5,10-11,21H,6-9,12H2,1-3H3. The molecule has 6 heteroatoms. The van der Waals surface area contributed by atoms with Gasteiger partial charge >= 0.3 is 6.09 Å². The summed E-state index contributed by atoms with van der Waals surface area (Å²) in [6.45, 7) is 8.92. The summed E-state index contributed by atoms with van der Waals surface area (Å²) in [4.78, 5) is 26.7. The molecule has 1 amide bonds. The van der Waals surface area contributed by atoms with Crippen molar-refractivity contribution in [3.8, 4) is 5.75 Å². The number of carbonyl (C=O) groups is 2. The second-order valence-corrected chi connectivity index (χ2v) is 6.95. The molecule has 0 unspecified atom stereocenters. The molecule has 1 N–H and O–H groups in total. The van der Waals surface area contributed by atoms with E-state index in [0.29, 0.717) is 39.1 Å². The van der Waals surface area contributed by atoms with Crippen LogP contribution in [0, 0.1) is 5.41 Å². The molecule has 0 radical (unpaired) electrons. The van der Waals surface area contributed by atoms with Gasteiger partial charge < -0.3 is 19.6 Å². The predicted octanol–water partition coefficient (Wildman–Crippen LogP) is 2.51. The molecule has 1 saturated heterocycles. The number of rotatable bonds is 3. The van der Waals surface area contributed by atoms with Crippen LogP contribution in [0.15, 0.2) is 18.2 Å². The van der Waals surface area contributed by atoms with Gasteiger partial charge in [-0.2, -0.15) is 0 Å². The van der Waals surface area contributed by atoms with Crippen LogP contribution in [-0.4, -0.2) is 55.2 Å². The van der Waals surface area contributed by atoms with Gasteiger partial charge in [-0.1, -0.05) is 20.8 Å². The van der Waals surface area contributed by atoms with Crippen molar-refractivity contribution >= 4 is 18.1 Å². The van der Waals surface area contributed by atoms with Gasteiger partial charge in [0, 0.05) is 31.9 Å². The van der Waals surface area contributed by atoms with Crippen molar-refractivity contribution in [1.82, 2.24) is 4.90 Å². The lowest BCUT2D eigenvalue weighted by molar-refractivity contribution is 0.0708. The lowest BCUT2D eigenvalue weighted by Gasteiger charge is -2.36. The predicted molar refractivity (Wildman–Crippen MR) is 88.1 cm³/mol. The second-order valence-electron chi connectivity index (χ2n) is 6.95. The fourth-order valence-electron chi connectivity index (χ4n) is 2.35. The minimum atomic E-state index is -0.279. The summed E-state index contributed by atoms with van der Waals surface area (Å²) < 4.78 is 5.33. The molecule has 0 bridgehead atoms. The zero-order chi connectivity index (χ0) is 17.0. The van der Waals surface area contributed by atoms with Gasteiger partial charge in [0.2, 0.25) is 0 Å². The van der Waals surface area contributed by atoms with Crippen molar-refractivity contribution in [2.24, 2.45) is 5.41 Å². The third-order valence-corrected chi connectivity index (χ3v) is 3.67. The molecule has 2 rings (SSSR count). The van der Waals surface area contributed by atoms with Crippen molar-refractivity contribution in [2.75, 3.05) is 37.7 Å². The van der Waals surface area contributed by atoms with Crippen LogP contribution in [0.4, 0.5) is 10.5 Å². The van der Waals surface area contributed by atoms with Crippen molar-refractivity contribution < 1.29 is 19.4 Å². The van der Waals surface area contributed by atoms with Crippen LogP contribution in [-0.2, 0) is 4.74 Å². The van der Waals surface area contributed by atoms with Crippen LogP contribution < -0.4 is 4.90 Å². The first-order chi connectivity index (χ1) is 10.8. The topological polar surface area (TPSA) is 70.1 Å². The van der Waals surface area contributed by atoms with Gasteiger partial charge in [0.25, 0.3) is 0 Å². The van der Waals surface area contributed by atoms with E-state index in [9.17, 15) is 14.7 Å². The number of ether oxygens (including phenoxy) is 1. The largest absolute Gasteiger partial charge is 0.507 e. The number of nitrogens with zero attached hydrogens (tertiary/aromatic N) is 2. The van der Waals surface area contributed by atoms with Crippen molar-refractivity contribution in [2.45, 2.75) is 20.8 Å². The van der Waals surface area contributed by atoms with E-state index >= 15 is 0 Å². The molecule has 0 atom stereocenters. The highest BCUT2D eigenvalue weighted by atomic mass is 16.6. The molecule has 1 aromatic rings. The second kappa shape index (κ2) is 6.89. The van der Waals surface area contributed by atoms with Crippen LogP contribution in [0.2, 0.25) is 0 Å². The Bertz CT molecular complexity index is 572. The summed E-state index contributed by atoms with van der Waals surface area (Å²) in [6, 6.07) is 4.95. The third-order valence-electron chi connectivity index (χ3n) is 3.67. The highest BCUT2D eigenvalue weighted by molar-refractivity contribution is 5.81. The van der Waals surface area contributed by atoms with Crippen LogP contribution in [0.3, 0.4) is 0 Å². The van der Waals surface area contributed by atoms with Crippen molar-refractivity contribution in [1.29, 1.82) is 0 Å². The smallest absolute Gasteiger partial charge is 0.409 e. The first-order valence-corrected chi connectivity index (χ1v) is 7.75. The lowest BCUT2D eigenvalue weighted by atomic mass is 9.99. The first-order valence-electron chi connectivity index (χ1n) is 7.75. The van der Waals surface area contributed by atoms with Crippen molar-refractivity contribution in [3.63, 3.8) is 0 Å². The Morgan fingerprint density at radius 3 is 2.48 bits per heavy atom. The van der Waals surface area contributed by atoms with E-state index < -0.39 is 0 Å². The molecular formula is C17H24N2O4. The number of aromatic hydroxyl groups is 1. The SMILES string of the molecule is CC(C)(C)COC(=O)N1CCN(c2ccc(O)c(C=O)c2)CC1. The fourth-order valence-corrected chi connectivity index (χ4v) is 2.35. The van der Waals surface area contributed by atoms with Crippen LogP contribution in [0.25, 0.3) is 0 Å². The van der Waals surface area contributed by atoms with Gasteiger partial charge in [-0.3, -0.25) is 4.79 Å². The van der Waals surface area contributed by atoms with Gasteiger partial charge in [-0.05, 0) is 23.6 Å². The number of hydrogen-bond acceptors (Lipinski definition) is 5. The molecule has 0 aliphatic carbocycles. The monoisotopic (exact) mass is 320 g/mol. The van der Waals surface area contributed by atoms with Gasteiger partial charge in [0.05, 0.1) is 12.2 Å². The van der Waals surface area contributed by atoms with Gasteiger partial charge in [-0.25, -0.2) is 4.79 Å². The van der Waals surface area contributed by atoms with E-state index in [0.717, 1.165) is 5.69 Å². The number of benzene rings is 1. The lowest BCUT2D eigenvalue weighted by Crippen LogP contribution is -2.49. The molecule has 1 heterocycles. The summed E-state index contributed by atoms with van der Waals surface area (Å²) >= 11 is 0. The molecule has 6 nitrogen and oxygen atoms in total. The number of piperazine rings is 1. The summed E-state index contributed by atoms with van der Waals surface area (Å²) in [5.74, 6) is -0.0202. The van der Waals surface area contributed by atoms with E-state index in [1.807, 2.05) is 20.8 Å². The number of anilines is 1. The molecule has 23 heavy (non-hydrogen) atoms. The zero-order valence-electron chi connectivity index (χ0n) is 13.9. The zero-order valence-corrected chi connectivity index (χ0v) is 13.9. The Labute approximate surface area is 136 Å². The molecule has 1 aliphatic heterocycles. The van der Waals surface area contributed by atoms with Gasteiger partial charge in [-0.15, -0.1) is 0 Å². The fraction of sp³-hybridized carbons (Fsp3) is 0.529. The summed E-state index contributed by atoms with van der Waals surface area (Å²) in [5.41, 5.74) is 1.09. The van der Waals surface area contributed by atoms with E-state index in [2.05, 4.69) is 4.90 Å². The Kier molecular flexibility index (Phi) is 5.13. The maximum Gasteiger partial charge on any atom is 0.409 e. The average Bonchev–Trinajstić information content (AvgIpc) is 2.52. The maximum atomic E-state index is 12.0. The molecule has 0 aromatic heterocycles. The van der Waals surface area contributed by atoms with Crippen LogP contribution in [0.5, 0.6) is 5.75 Å². The number of phenols is 1. The normalized spacial score (nSPS) is 15.4. The maximum absolute atomic E-state index is 12.0. The Morgan fingerprint density at radius 1 is 1.26 bits per heavy atom. The first kappa shape index (κ1) is 17.1. The average molecular weight is 320 g/mol. The number of carbonyl (C=O) groups excluding carboxylic acids is 2. The quantitative estimate of drug-likeness (QED) is 0.867. The van der Waals surface area contributed by atoms with Crippen LogP contribution in [0.1, 0.15) is 31.1 Å². The summed E-state index contributed by atoms with van der Waals surface area (Å²) in [6.07, 6.45) is 0.359. The molecule has 0 spiro atoms. The Hall–Kier alpha value is -2.24. The number of hydrogen-bond donors (Lipinski definition) is 1. The molecule has 1 aliphatic rings. The molecule has 1 fully saturated rings. The summed E-state index contributed by atoms with van der Waals surface area (Å²) in [5, 5.41) is 9.55. The Balaban J connectivity index is 1.91. The van der Waals surface area contributed by atoms with E-state index in [-0.39, 0.29) is 22.8 Å². The highest BCUT2D eigenvalue weighted by Crippen LogP contribution is 2.24. The number of phenolic OH excluding ortho intramolecular Hbond substituents is 1. The molecular weight excluding hydrogens is 296 g/mol. The molecule has 126 valence electrons.